The summed E-state index contributed by atoms with van der Waals surface area (Å²) in [5.41, 5.74) is 3.20. The van der Waals surface area contributed by atoms with E-state index in [1.807, 2.05) is 38.1 Å². The van der Waals surface area contributed by atoms with Crippen molar-refractivity contribution in [1.82, 2.24) is 0 Å². The van der Waals surface area contributed by atoms with Crippen LogP contribution >= 0.6 is 0 Å². The Bertz CT molecular complexity index is 824. The molecule has 0 aromatic heterocycles. The van der Waals surface area contributed by atoms with Gasteiger partial charge in [0, 0.05) is 5.92 Å². The number of aryl methyl sites for hydroxylation is 2. The molecule has 0 fully saturated rings. The molecule has 0 saturated carbocycles. The monoisotopic (exact) mass is 544 g/mol. The van der Waals surface area contributed by atoms with Crippen molar-refractivity contribution in [2.75, 3.05) is 0 Å². The number of hydrogen-bond acceptors (Lipinski definition) is 4. The number of carboxylic acid groups (broad SMARTS) is 2. The maximum atomic E-state index is 10.6. The second-order valence-corrected chi connectivity index (χ2v) is 10.2. The molecular formula is C33H52O6. The molecule has 2 aromatic rings. The lowest BCUT2D eigenvalue weighted by molar-refractivity contribution is 0.0297. The fourth-order valence-electron chi connectivity index (χ4n) is 3.83. The van der Waals surface area contributed by atoms with Crippen LogP contribution in [0.2, 0.25) is 0 Å². The summed E-state index contributed by atoms with van der Waals surface area (Å²) in [7, 11) is 0. The lowest BCUT2D eigenvalue weighted by Crippen LogP contribution is -2.26. The third-order valence-electron chi connectivity index (χ3n) is 6.83. The zero-order chi connectivity index (χ0) is 29.6. The molecule has 2 aromatic carbocycles. The summed E-state index contributed by atoms with van der Waals surface area (Å²) in [5, 5.41) is 35.5. The van der Waals surface area contributed by atoms with Gasteiger partial charge in [-0.25, -0.2) is 9.59 Å². The number of unbranched alkanes of at least 4 members (excludes halogenated alkanes) is 6. The Morgan fingerprint density at radius 1 is 0.615 bits per heavy atom. The summed E-state index contributed by atoms with van der Waals surface area (Å²) in [6, 6.07) is 14.4. The number of aliphatic hydroxyl groups is 2. The van der Waals surface area contributed by atoms with Gasteiger partial charge in [0.25, 0.3) is 0 Å². The summed E-state index contributed by atoms with van der Waals surface area (Å²) in [6.07, 6.45) is 12.0. The van der Waals surface area contributed by atoms with Crippen LogP contribution in [-0.2, 0) is 12.8 Å². The van der Waals surface area contributed by atoms with E-state index in [1.165, 1.54) is 62.5 Å². The zero-order valence-electron chi connectivity index (χ0n) is 24.7. The zero-order valence-corrected chi connectivity index (χ0v) is 24.7. The molecule has 0 radical (unpaired) electrons. The molecule has 0 spiro atoms. The van der Waals surface area contributed by atoms with Crippen molar-refractivity contribution in [3.63, 3.8) is 0 Å². The van der Waals surface area contributed by atoms with Gasteiger partial charge in [-0.05, 0) is 74.4 Å². The van der Waals surface area contributed by atoms with E-state index >= 15 is 0 Å². The van der Waals surface area contributed by atoms with Gasteiger partial charge in [-0.2, -0.15) is 0 Å². The Hall–Kier alpha value is -2.70. The first kappa shape index (κ1) is 36.3. The van der Waals surface area contributed by atoms with Crippen LogP contribution in [0.5, 0.6) is 0 Å². The lowest BCUT2D eigenvalue weighted by atomic mass is 9.98. The second kappa shape index (κ2) is 22.2. The van der Waals surface area contributed by atoms with Gasteiger partial charge in [-0.1, -0.05) is 90.5 Å². The Morgan fingerprint density at radius 2 is 0.974 bits per heavy atom. The highest BCUT2D eigenvalue weighted by atomic mass is 16.4. The second-order valence-electron chi connectivity index (χ2n) is 10.2. The quantitative estimate of drug-likeness (QED) is 0.170. The van der Waals surface area contributed by atoms with E-state index in [4.69, 9.17) is 20.4 Å². The SMILES string of the molecule is CCC(O)C(C)C(C)O.CCCCCCc1ccc(C(=O)O)cc1.CCCCCCc1ccc(C(=O)O)cc1. The first-order chi connectivity index (χ1) is 18.6. The smallest absolute Gasteiger partial charge is 0.335 e. The van der Waals surface area contributed by atoms with Gasteiger partial charge in [0.2, 0.25) is 0 Å². The van der Waals surface area contributed by atoms with Gasteiger partial charge in [-0.15, -0.1) is 0 Å². The van der Waals surface area contributed by atoms with Crippen LogP contribution in [0, 0.1) is 5.92 Å². The summed E-state index contributed by atoms with van der Waals surface area (Å²) in [5.74, 6) is -1.71. The largest absolute Gasteiger partial charge is 0.478 e. The van der Waals surface area contributed by atoms with Crippen molar-refractivity contribution in [2.45, 2.75) is 117 Å². The minimum atomic E-state index is -0.854. The Morgan fingerprint density at radius 3 is 1.21 bits per heavy atom. The van der Waals surface area contributed by atoms with Gasteiger partial charge in [0.05, 0.1) is 23.3 Å². The van der Waals surface area contributed by atoms with E-state index < -0.39 is 18.0 Å². The summed E-state index contributed by atoms with van der Waals surface area (Å²) in [4.78, 5) is 21.2. The van der Waals surface area contributed by atoms with Crippen molar-refractivity contribution >= 4 is 11.9 Å². The van der Waals surface area contributed by atoms with E-state index in [-0.39, 0.29) is 12.0 Å². The average molecular weight is 545 g/mol. The molecule has 6 nitrogen and oxygen atoms in total. The number of carbonyl (C=O) groups is 2. The molecule has 3 atom stereocenters. The van der Waals surface area contributed by atoms with E-state index in [0.29, 0.717) is 17.5 Å². The lowest BCUT2D eigenvalue weighted by Gasteiger charge is -2.19. The molecule has 2 rings (SSSR count). The molecule has 0 aliphatic carbocycles. The molecule has 0 saturated heterocycles. The van der Waals surface area contributed by atoms with Crippen LogP contribution in [0.25, 0.3) is 0 Å². The maximum Gasteiger partial charge on any atom is 0.335 e. The van der Waals surface area contributed by atoms with Gasteiger partial charge in [0.1, 0.15) is 0 Å². The average Bonchev–Trinajstić information content (AvgIpc) is 2.93. The molecule has 0 heterocycles. The van der Waals surface area contributed by atoms with Crippen LogP contribution in [0.4, 0.5) is 0 Å². The molecule has 0 aliphatic rings. The fourth-order valence-corrected chi connectivity index (χ4v) is 3.83. The number of aliphatic hydroxyl groups excluding tert-OH is 2. The maximum absolute atomic E-state index is 10.6. The number of benzene rings is 2. The molecule has 4 N–H and O–H groups in total. The van der Waals surface area contributed by atoms with Crippen molar-refractivity contribution in [2.24, 2.45) is 5.92 Å². The van der Waals surface area contributed by atoms with Crippen molar-refractivity contribution in [3.8, 4) is 0 Å². The van der Waals surface area contributed by atoms with E-state index in [2.05, 4.69) is 13.8 Å². The predicted octanol–water partition coefficient (Wildman–Crippen LogP) is 7.79. The van der Waals surface area contributed by atoms with Crippen LogP contribution in [0.3, 0.4) is 0 Å². The van der Waals surface area contributed by atoms with Crippen molar-refractivity contribution < 1.29 is 30.0 Å². The summed E-state index contributed by atoms with van der Waals surface area (Å²) >= 11 is 0. The van der Waals surface area contributed by atoms with Crippen molar-refractivity contribution in [3.05, 3.63) is 70.8 Å². The molecular weight excluding hydrogens is 492 g/mol. The van der Waals surface area contributed by atoms with Gasteiger partial charge < -0.3 is 20.4 Å². The van der Waals surface area contributed by atoms with Gasteiger partial charge in [0.15, 0.2) is 0 Å². The number of carboxylic acids is 2. The highest BCUT2D eigenvalue weighted by molar-refractivity contribution is 5.87. The number of hydrogen-bond donors (Lipinski definition) is 4. The predicted molar refractivity (Wildman–Crippen MR) is 160 cm³/mol. The van der Waals surface area contributed by atoms with Crippen LogP contribution in [0.1, 0.15) is 124 Å². The van der Waals surface area contributed by atoms with Gasteiger partial charge in [-0.3, -0.25) is 0 Å². The molecule has 0 amide bonds. The number of rotatable bonds is 15. The highest BCUT2D eigenvalue weighted by Gasteiger charge is 2.16. The van der Waals surface area contributed by atoms with Crippen LogP contribution in [0.15, 0.2) is 48.5 Å². The Balaban J connectivity index is 0.000000576. The minimum Gasteiger partial charge on any atom is -0.478 e. The summed E-state index contributed by atoms with van der Waals surface area (Å²) < 4.78 is 0. The third-order valence-corrected chi connectivity index (χ3v) is 6.83. The topological polar surface area (TPSA) is 115 Å². The molecule has 0 bridgehead atoms. The first-order valence-corrected chi connectivity index (χ1v) is 14.6. The highest BCUT2D eigenvalue weighted by Crippen LogP contribution is 2.12. The molecule has 39 heavy (non-hydrogen) atoms. The molecule has 3 unspecified atom stereocenters. The van der Waals surface area contributed by atoms with Crippen LogP contribution < -0.4 is 0 Å². The molecule has 0 aliphatic heterocycles. The van der Waals surface area contributed by atoms with Crippen LogP contribution in [-0.4, -0.2) is 44.6 Å². The van der Waals surface area contributed by atoms with E-state index in [0.717, 1.165) is 12.8 Å². The first-order valence-electron chi connectivity index (χ1n) is 14.6. The fraction of sp³-hybridized carbons (Fsp3) is 0.576. The minimum absolute atomic E-state index is 0.00463. The normalized spacial score (nSPS) is 12.7. The Labute approximate surface area is 236 Å². The van der Waals surface area contributed by atoms with Gasteiger partial charge >= 0.3 is 11.9 Å². The van der Waals surface area contributed by atoms with E-state index in [9.17, 15) is 9.59 Å². The molecule has 220 valence electrons. The number of aromatic carboxylic acids is 2. The van der Waals surface area contributed by atoms with E-state index in [1.54, 1.807) is 31.2 Å². The standard InChI is InChI=1S/2C13H18O2.C7H16O2/c2*1-2-3-4-5-6-11-7-9-12(10-8-11)13(14)15;1-4-7(9)5(2)6(3)8/h2*7-10H,2-6H2,1H3,(H,14,15);5-9H,4H2,1-3H3. The van der Waals surface area contributed by atoms with Crippen molar-refractivity contribution in [1.29, 1.82) is 0 Å². The Kier molecular flexibility index (Phi) is 20.6. The summed E-state index contributed by atoms with van der Waals surface area (Å²) in [6.45, 7) is 9.84. The molecule has 6 heteroatoms. The third kappa shape index (κ3) is 17.5.